The van der Waals surface area contributed by atoms with Crippen LogP contribution in [-0.4, -0.2) is 22.4 Å². The number of carbonyl (C=O) groups excluding carboxylic acids is 1. The first-order valence-corrected chi connectivity index (χ1v) is 7.99. The van der Waals surface area contributed by atoms with E-state index in [0.29, 0.717) is 17.8 Å². The Bertz CT molecular complexity index is 901. The van der Waals surface area contributed by atoms with Gasteiger partial charge in [-0.3, -0.25) is 4.79 Å². The van der Waals surface area contributed by atoms with Gasteiger partial charge in [0, 0.05) is 36.4 Å². The van der Waals surface area contributed by atoms with Gasteiger partial charge in [0.25, 0.3) is 5.91 Å². The van der Waals surface area contributed by atoms with Gasteiger partial charge in [-0.05, 0) is 31.2 Å². The fourth-order valence-electron chi connectivity index (χ4n) is 2.41. The molecule has 1 aromatic heterocycles. The minimum absolute atomic E-state index is 0.176. The van der Waals surface area contributed by atoms with Gasteiger partial charge in [0.05, 0.1) is 5.56 Å². The highest BCUT2D eigenvalue weighted by Crippen LogP contribution is 2.18. The Balaban J connectivity index is 1.76. The van der Waals surface area contributed by atoms with Gasteiger partial charge in [-0.15, -0.1) is 0 Å². The van der Waals surface area contributed by atoms with Crippen LogP contribution in [0.1, 0.15) is 17.3 Å². The summed E-state index contributed by atoms with van der Waals surface area (Å²) in [4.78, 5) is 22.4. The molecule has 0 aliphatic rings. The number of amides is 1. The van der Waals surface area contributed by atoms with Gasteiger partial charge in [0.1, 0.15) is 0 Å². The van der Waals surface area contributed by atoms with E-state index in [0.717, 1.165) is 17.8 Å². The van der Waals surface area contributed by atoms with Crippen LogP contribution in [-0.2, 0) is 0 Å². The molecule has 132 valence electrons. The van der Waals surface area contributed by atoms with Crippen molar-refractivity contribution >= 4 is 23.2 Å². The first-order valence-electron chi connectivity index (χ1n) is 7.99. The van der Waals surface area contributed by atoms with E-state index in [4.69, 9.17) is 0 Å². The van der Waals surface area contributed by atoms with E-state index in [-0.39, 0.29) is 11.9 Å². The Morgan fingerprint density at radius 2 is 1.73 bits per heavy atom. The molecular weight excluding hydrogens is 338 g/mol. The molecule has 7 heteroatoms. The number of nitrogens with one attached hydrogen (secondary N) is 1. The predicted octanol–water partition coefficient (Wildman–Crippen LogP) is 4.17. The second-order valence-electron chi connectivity index (χ2n) is 5.43. The van der Waals surface area contributed by atoms with E-state index in [2.05, 4.69) is 15.3 Å². The van der Waals surface area contributed by atoms with Gasteiger partial charge in [-0.1, -0.05) is 18.2 Å². The lowest BCUT2D eigenvalue weighted by molar-refractivity contribution is 0.0987. The molecule has 2 aromatic carbocycles. The molecule has 0 saturated heterocycles. The van der Waals surface area contributed by atoms with E-state index < -0.39 is 11.6 Å². The highest BCUT2D eigenvalue weighted by Gasteiger charge is 2.16. The number of carbonyl (C=O) groups is 1. The highest BCUT2D eigenvalue weighted by molar-refractivity contribution is 6.05. The molecule has 3 rings (SSSR count). The first kappa shape index (κ1) is 17.5. The molecule has 1 amide bonds. The molecular formula is C19H16F2N4O. The lowest BCUT2D eigenvalue weighted by atomic mass is 10.2. The zero-order chi connectivity index (χ0) is 18.5. The quantitative estimate of drug-likeness (QED) is 0.747. The molecule has 0 aliphatic carbocycles. The van der Waals surface area contributed by atoms with Crippen LogP contribution < -0.4 is 10.2 Å². The van der Waals surface area contributed by atoms with Gasteiger partial charge < -0.3 is 10.2 Å². The Morgan fingerprint density at radius 1 is 1.04 bits per heavy atom. The SMILES string of the molecule is CCN(C(=O)c1cnc(Nc2ccc(F)c(F)c2)nc1)c1ccccc1. The van der Waals surface area contributed by atoms with E-state index in [1.165, 1.54) is 18.5 Å². The maximum atomic E-state index is 13.2. The van der Waals surface area contributed by atoms with E-state index in [1.807, 2.05) is 37.3 Å². The zero-order valence-electron chi connectivity index (χ0n) is 14.0. The number of aromatic nitrogens is 2. The number of hydrogen-bond donors (Lipinski definition) is 1. The summed E-state index contributed by atoms with van der Waals surface area (Å²) in [6.45, 7) is 2.38. The molecule has 0 saturated carbocycles. The topological polar surface area (TPSA) is 58.1 Å². The average Bonchev–Trinajstić information content (AvgIpc) is 2.67. The predicted molar refractivity (Wildman–Crippen MR) is 95.5 cm³/mol. The molecule has 0 spiro atoms. The minimum atomic E-state index is -0.969. The molecule has 0 radical (unpaired) electrons. The van der Waals surface area contributed by atoms with E-state index in [9.17, 15) is 13.6 Å². The Kier molecular flexibility index (Phi) is 5.17. The second kappa shape index (κ2) is 7.69. The van der Waals surface area contributed by atoms with Crippen LogP contribution in [0.25, 0.3) is 0 Å². The van der Waals surface area contributed by atoms with Gasteiger partial charge in [-0.2, -0.15) is 0 Å². The zero-order valence-corrected chi connectivity index (χ0v) is 14.0. The molecule has 0 unspecified atom stereocenters. The Hall–Kier alpha value is -3.35. The molecule has 1 N–H and O–H groups in total. The van der Waals surface area contributed by atoms with Crippen LogP contribution >= 0.6 is 0 Å². The van der Waals surface area contributed by atoms with Crippen molar-refractivity contribution in [2.45, 2.75) is 6.92 Å². The van der Waals surface area contributed by atoms with Crippen molar-refractivity contribution in [2.75, 3.05) is 16.8 Å². The first-order chi connectivity index (χ1) is 12.6. The fourth-order valence-corrected chi connectivity index (χ4v) is 2.41. The average molecular weight is 354 g/mol. The number of anilines is 3. The Morgan fingerprint density at radius 3 is 2.35 bits per heavy atom. The van der Waals surface area contributed by atoms with Gasteiger partial charge in [0.15, 0.2) is 11.6 Å². The minimum Gasteiger partial charge on any atom is -0.324 e. The van der Waals surface area contributed by atoms with Gasteiger partial charge >= 0.3 is 0 Å². The van der Waals surface area contributed by atoms with Crippen LogP contribution in [0, 0.1) is 11.6 Å². The summed E-state index contributed by atoms with van der Waals surface area (Å²) >= 11 is 0. The number of hydrogen-bond acceptors (Lipinski definition) is 4. The van der Waals surface area contributed by atoms with Gasteiger partial charge in [0.2, 0.25) is 5.95 Å². The number of para-hydroxylation sites is 1. The number of rotatable bonds is 5. The van der Waals surface area contributed by atoms with E-state index >= 15 is 0 Å². The Labute approximate surface area is 149 Å². The molecule has 0 fully saturated rings. The smallest absolute Gasteiger partial charge is 0.261 e. The number of nitrogens with zero attached hydrogens (tertiary/aromatic N) is 3. The maximum Gasteiger partial charge on any atom is 0.261 e. The van der Waals surface area contributed by atoms with Crippen molar-refractivity contribution in [3.05, 3.63) is 78.1 Å². The molecule has 0 bridgehead atoms. The van der Waals surface area contributed by atoms with Crippen molar-refractivity contribution < 1.29 is 13.6 Å². The maximum absolute atomic E-state index is 13.2. The summed E-state index contributed by atoms with van der Waals surface area (Å²) in [5, 5.41) is 2.76. The fraction of sp³-hybridized carbons (Fsp3) is 0.105. The summed E-state index contributed by atoms with van der Waals surface area (Å²) < 4.78 is 26.2. The largest absolute Gasteiger partial charge is 0.324 e. The lowest BCUT2D eigenvalue weighted by Crippen LogP contribution is -2.30. The highest BCUT2D eigenvalue weighted by atomic mass is 19.2. The summed E-state index contributed by atoms with van der Waals surface area (Å²) in [6.07, 6.45) is 2.78. The summed E-state index contributed by atoms with van der Waals surface area (Å²) in [5.41, 5.74) is 1.41. The normalized spacial score (nSPS) is 10.4. The van der Waals surface area contributed by atoms with Crippen LogP contribution in [0.5, 0.6) is 0 Å². The van der Waals surface area contributed by atoms with Crippen molar-refractivity contribution in [3.63, 3.8) is 0 Å². The molecule has 0 atom stereocenters. The van der Waals surface area contributed by atoms with E-state index in [1.54, 1.807) is 4.90 Å². The third kappa shape index (κ3) is 3.83. The van der Waals surface area contributed by atoms with Crippen molar-refractivity contribution in [3.8, 4) is 0 Å². The third-order valence-electron chi connectivity index (χ3n) is 3.70. The lowest BCUT2D eigenvalue weighted by Gasteiger charge is -2.20. The van der Waals surface area contributed by atoms with Crippen molar-refractivity contribution in [1.29, 1.82) is 0 Å². The van der Waals surface area contributed by atoms with Crippen LogP contribution in [0.4, 0.5) is 26.1 Å². The summed E-state index contributed by atoms with van der Waals surface area (Å²) in [7, 11) is 0. The second-order valence-corrected chi connectivity index (χ2v) is 5.43. The number of benzene rings is 2. The van der Waals surface area contributed by atoms with Crippen LogP contribution in [0.3, 0.4) is 0 Å². The monoisotopic (exact) mass is 354 g/mol. The number of halogens is 2. The van der Waals surface area contributed by atoms with Crippen LogP contribution in [0.2, 0.25) is 0 Å². The molecule has 3 aromatic rings. The molecule has 0 aliphatic heterocycles. The molecule has 5 nitrogen and oxygen atoms in total. The summed E-state index contributed by atoms with van der Waals surface area (Å²) in [5.74, 6) is -1.95. The van der Waals surface area contributed by atoms with Crippen LogP contribution in [0.15, 0.2) is 60.9 Å². The third-order valence-corrected chi connectivity index (χ3v) is 3.70. The summed E-state index contributed by atoms with van der Waals surface area (Å²) in [6, 6.07) is 12.7. The standard InChI is InChI=1S/C19H16F2N4O/c1-2-25(15-6-4-3-5-7-15)18(26)13-11-22-19(23-12-13)24-14-8-9-16(20)17(21)10-14/h3-12H,2H2,1H3,(H,22,23,24). The molecule has 1 heterocycles. The van der Waals surface area contributed by atoms with Gasteiger partial charge in [-0.25, -0.2) is 18.7 Å². The molecule has 26 heavy (non-hydrogen) atoms. The van der Waals surface area contributed by atoms with Crippen molar-refractivity contribution in [2.24, 2.45) is 0 Å². The van der Waals surface area contributed by atoms with Crippen molar-refractivity contribution in [1.82, 2.24) is 9.97 Å².